The number of amides is 1. The molecule has 1 amide bonds. The molecular weight excluding hydrogens is 403 g/mol. The van der Waals surface area contributed by atoms with E-state index < -0.39 is 5.82 Å². The van der Waals surface area contributed by atoms with Crippen molar-refractivity contribution in [3.8, 4) is 0 Å². The minimum absolute atomic E-state index is 0.153. The van der Waals surface area contributed by atoms with Gasteiger partial charge < -0.3 is 9.88 Å². The molecule has 2 rings (SSSR count). The van der Waals surface area contributed by atoms with Crippen LogP contribution in [0.2, 0.25) is 0 Å². The number of hydrogen-bond donors (Lipinski definition) is 1. The zero-order valence-electron chi connectivity index (χ0n) is 11.9. The van der Waals surface area contributed by atoms with Crippen molar-refractivity contribution in [2.75, 3.05) is 5.32 Å². The Morgan fingerprint density at radius 3 is 2.57 bits per heavy atom. The summed E-state index contributed by atoms with van der Waals surface area (Å²) in [7, 11) is 0. The first kappa shape index (κ1) is 16.2. The third-order valence-corrected chi connectivity index (χ3v) is 4.16. The third-order valence-electron chi connectivity index (χ3n) is 3.12. The lowest BCUT2D eigenvalue weighted by Gasteiger charge is -2.14. The molecule has 1 N–H and O–H groups in total. The van der Waals surface area contributed by atoms with E-state index in [1.807, 2.05) is 31.5 Å². The van der Waals surface area contributed by atoms with E-state index >= 15 is 0 Å². The summed E-state index contributed by atoms with van der Waals surface area (Å²) >= 11 is 6.50. The van der Waals surface area contributed by atoms with Crippen LogP contribution >= 0.6 is 31.9 Å². The van der Waals surface area contributed by atoms with Gasteiger partial charge in [0.2, 0.25) is 0 Å². The summed E-state index contributed by atoms with van der Waals surface area (Å²) in [5, 5.41) is 2.76. The molecule has 0 saturated heterocycles. The predicted molar refractivity (Wildman–Crippen MR) is 89.3 cm³/mol. The van der Waals surface area contributed by atoms with Crippen LogP contribution in [0.3, 0.4) is 0 Å². The minimum atomic E-state index is -0.406. The highest BCUT2D eigenvalue weighted by Gasteiger charge is 2.16. The van der Waals surface area contributed by atoms with Gasteiger partial charge in [0.05, 0.1) is 4.47 Å². The molecule has 0 fully saturated rings. The number of nitrogens with zero attached hydrogens (tertiary/aromatic N) is 1. The number of carbonyl (C=O) groups is 1. The van der Waals surface area contributed by atoms with E-state index in [0.717, 1.165) is 10.0 Å². The van der Waals surface area contributed by atoms with Gasteiger partial charge in [0.1, 0.15) is 11.5 Å². The van der Waals surface area contributed by atoms with E-state index in [9.17, 15) is 9.18 Å². The first-order valence-corrected chi connectivity index (χ1v) is 8.02. The average molecular weight is 418 g/mol. The van der Waals surface area contributed by atoms with Gasteiger partial charge in [-0.05, 0) is 76.4 Å². The normalized spacial score (nSPS) is 11.0. The van der Waals surface area contributed by atoms with Crippen molar-refractivity contribution in [2.24, 2.45) is 0 Å². The van der Waals surface area contributed by atoms with Crippen LogP contribution < -0.4 is 5.32 Å². The molecule has 6 heteroatoms. The summed E-state index contributed by atoms with van der Waals surface area (Å²) < 4.78 is 16.7. The largest absolute Gasteiger partial charge is 0.340 e. The van der Waals surface area contributed by atoms with Gasteiger partial charge in [0, 0.05) is 22.4 Å². The van der Waals surface area contributed by atoms with Crippen LogP contribution in [0.15, 0.2) is 33.3 Å². The van der Waals surface area contributed by atoms with Crippen LogP contribution in [-0.2, 0) is 0 Å². The number of rotatable bonds is 3. The van der Waals surface area contributed by atoms with Crippen molar-refractivity contribution in [3.05, 3.63) is 50.4 Å². The first-order chi connectivity index (χ1) is 9.79. The highest BCUT2D eigenvalue weighted by Crippen LogP contribution is 2.25. The summed E-state index contributed by atoms with van der Waals surface area (Å²) in [6.07, 6.45) is 1.86. The van der Waals surface area contributed by atoms with Crippen LogP contribution in [0.25, 0.3) is 0 Å². The second-order valence-electron chi connectivity index (χ2n) is 5.08. The molecule has 0 radical (unpaired) electrons. The summed E-state index contributed by atoms with van der Waals surface area (Å²) in [5.74, 6) is -0.671. The molecule has 1 heterocycles. The van der Waals surface area contributed by atoms with Gasteiger partial charge in [-0.1, -0.05) is 0 Å². The molecule has 0 aliphatic heterocycles. The molecule has 0 saturated carbocycles. The van der Waals surface area contributed by atoms with E-state index in [1.165, 1.54) is 6.07 Å². The molecule has 0 aliphatic rings. The Morgan fingerprint density at radius 2 is 1.95 bits per heavy atom. The van der Waals surface area contributed by atoms with Crippen molar-refractivity contribution in [1.82, 2.24) is 4.57 Å². The Labute approximate surface area is 139 Å². The third kappa shape index (κ3) is 3.55. The van der Waals surface area contributed by atoms with E-state index in [2.05, 4.69) is 37.2 Å². The fraction of sp³-hybridized carbons (Fsp3) is 0.267. The number of anilines is 1. The maximum absolute atomic E-state index is 13.6. The second-order valence-corrected chi connectivity index (χ2v) is 6.85. The monoisotopic (exact) mass is 416 g/mol. The second kappa shape index (κ2) is 6.32. The summed E-state index contributed by atoms with van der Waals surface area (Å²) in [6.45, 7) is 5.80. The molecule has 1 aromatic carbocycles. The van der Waals surface area contributed by atoms with E-state index in [-0.39, 0.29) is 11.9 Å². The van der Waals surface area contributed by atoms with Gasteiger partial charge in [-0.25, -0.2) is 4.39 Å². The molecule has 2 aromatic rings. The molecule has 0 bridgehead atoms. The maximum atomic E-state index is 13.6. The molecule has 0 spiro atoms. The number of benzene rings is 1. The SMILES string of the molecule is Cc1cc(Br)c(F)cc1NC(=O)c1cc(Br)cn1C(C)C. The zero-order chi connectivity index (χ0) is 15.7. The van der Waals surface area contributed by atoms with E-state index in [0.29, 0.717) is 15.9 Å². The molecule has 112 valence electrons. The van der Waals surface area contributed by atoms with Crippen molar-refractivity contribution >= 4 is 43.5 Å². The summed E-state index contributed by atoms with van der Waals surface area (Å²) in [5.41, 5.74) is 1.78. The number of carbonyl (C=O) groups excluding carboxylic acids is 1. The fourth-order valence-electron chi connectivity index (χ4n) is 2.02. The lowest BCUT2D eigenvalue weighted by molar-refractivity contribution is 0.101. The molecular formula is C15H15Br2FN2O. The van der Waals surface area contributed by atoms with Gasteiger partial charge in [-0.3, -0.25) is 4.79 Å². The number of hydrogen-bond acceptors (Lipinski definition) is 1. The zero-order valence-corrected chi connectivity index (χ0v) is 15.0. The van der Waals surface area contributed by atoms with Crippen molar-refractivity contribution in [2.45, 2.75) is 26.8 Å². The van der Waals surface area contributed by atoms with Gasteiger partial charge in [0.15, 0.2) is 0 Å². The molecule has 0 unspecified atom stereocenters. The fourth-order valence-corrected chi connectivity index (χ4v) is 2.92. The molecule has 3 nitrogen and oxygen atoms in total. The number of aryl methyl sites for hydroxylation is 1. The predicted octanol–water partition coefficient (Wildman–Crippen LogP) is 5.29. The van der Waals surface area contributed by atoms with Crippen molar-refractivity contribution in [1.29, 1.82) is 0 Å². The van der Waals surface area contributed by atoms with Crippen LogP contribution in [-0.4, -0.2) is 10.5 Å². The average Bonchev–Trinajstić information content (AvgIpc) is 2.78. The van der Waals surface area contributed by atoms with Crippen molar-refractivity contribution in [3.63, 3.8) is 0 Å². The Hall–Kier alpha value is -1.14. The summed E-state index contributed by atoms with van der Waals surface area (Å²) in [6, 6.07) is 4.86. The Morgan fingerprint density at radius 1 is 1.29 bits per heavy atom. The Bertz CT molecular complexity index is 695. The lowest BCUT2D eigenvalue weighted by atomic mass is 10.2. The molecule has 21 heavy (non-hydrogen) atoms. The highest BCUT2D eigenvalue weighted by molar-refractivity contribution is 9.10. The maximum Gasteiger partial charge on any atom is 0.272 e. The van der Waals surface area contributed by atoms with E-state index in [4.69, 9.17) is 0 Å². The lowest BCUT2D eigenvalue weighted by Crippen LogP contribution is -2.18. The van der Waals surface area contributed by atoms with E-state index in [1.54, 1.807) is 12.1 Å². The number of halogens is 3. The van der Waals surface area contributed by atoms with Crippen molar-refractivity contribution < 1.29 is 9.18 Å². The first-order valence-electron chi connectivity index (χ1n) is 6.44. The van der Waals surface area contributed by atoms with Crippen LogP contribution in [0.5, 0.6) is 0 Å². The Kier molecular flexibility index (Phi) is 4.88. The standard InChI is InChI=1S/C15H15Br2FN2O/c1-8(2)20-7-10(16)5-14(20)15(21)19-13-6-12(18)11(17)4-9(13)3/h4-8H,1-3H3,(H,19,21). The number of nitrogens with one attached hydrogen (secondary N) is 1. The molecule has 0 atom stereocenters. The molecule has 1 aromatic heterocycles. The van der Waals surface area contributed by atoms with Gasteiger partial charge >= 0.3 is 0 Å². The van der Waals surface area contributed by atoms with Crippen LogP contribution in [0.4, 0.5) is 10.1 Å². The minimum Gasteiger partial charge on any atom is -0.340 e. The van der Waals surface area contributed by atoms with Gasteiger partial charge in [-0.15, -0.1) is 0 Å². The molecule has 0 aliphatic carbocycles. The smallest absolute Gasteiger partial charge is 0.272 e. The van der Waals surface area contributed by atoms with Crippen LogP contribution in [0, 0.1) is 12.7 Å². The number of aromatic nitrogens is 1. The van der Waals surface area contributed by atoms with Gasteiger partial charge in [-0.2, -0.15) is 0 Å². The quantitative estimate of drug-likeness (QED) is 0.722. The van der Waals surface area contributed by atoms with Crippen LogP contribution in [0.1, 0.15) is 35.9 Å². The summed E-state index contributed by atoms with van der Waals surface area (Å²) in [4.78, 5) is 12.4. The topological polar surface area (TPSA) is 34.0 Å². The van der Waals surface area contributed by atoms with Gasteiger partial charge in [0.25, 0.3) is 5.91 Å². The highest BCUT2D eigenvalue weighted by atomic mass is 79.9. The Balaban J connectivity index is 2.33.